The van der Waals surface area contributed by atoms with Crippen LogP contribution in [0.25, 0.3) is 5.82 Å². The molecule has 6 heteroatoms. The van der Waals surface area contributed by atoms with Gasteiger partial charge in [0.25, 0.3) is 0 Å². The summed E-state index contributed by atoms with van der Waals surface area (Å²) in [6.07, 6.45) is 3.57. The molecule has 0 aliphatic carbocycles. The average Bonchev–Trinajstić information content (AvgIpc) is 2.70. The van der Waals surface area contributed by atoms with E-state index in [2.05, 4.69) is 20.3 Å². The number of aromatic nitrogens is 3. The number of nitrogens with zero attached hydrogens (tertiary/aromatic N) is 3. The fourth-order valence-electron chi connectivity index (χ4n) is 1.07. The Hall–Kier alpha value is -2.11. The molecule has 2 rings (SSSR count). The van der Waals surface area contributed by atoms with Crippen LogP contribution < -0.4 is 5.32 Å². The van der Waals surface area contributed by atoms with Crippen molar-refractivity contribution in [1.29, 1.82) is 0 Å². The van der Waals surface area contributed by atoms with Gasteiger partial charge in [-0.3, -0.25) is 4.79 Å². The molecule has 0 aromatic carbocycles. The number of hydrogen-bond donors (Lipinski definition) is 1. The molecule has 0 bridgehead atoms. The zero-order valence-corrected chi connectivity index (χ0v) is 7.47. The van der Waals surface area contributed by atoms with Crippen LogP contribution in [0.2, 0.25) is 0 Å². The van der Waals surface area contributed by atoms with Crippen molar-refractivity contribution in [1.82, 2.24) is 14.9 Å². The van der Waals surface area contributed by atoms with E-state index in [1.165, 1.54) is 6.92 Å². The van der Waals surface area contributed by atoms with Crippen molar-refractivity contribution < 1.29 is 9.42 Å². The number of amides is 1. The largest absolute Gasteiger partial charge is 0.305 e. The summed E-state index contributed by atoms with van der Waals surface area (Å²) in [7, 11) is 0. The third-order valence-electron chi connectivity index (χ3n) is 1.61. The first-order chi connectivity index (χ1) is 6.77. The van der Waals surface area contributed by atoms with E-state index in [4.69, 9.17) is 0 Å². The number of anilines is 1. The number of rotatable bonds is 2. The predicted molar refractivity (Wildman–Crippen MR) is 47.9 cm³/mol. The van der Waals surface area contributed by atoms with Crippen molar-refractivity contribution in [2.45, 2.75) is 6.92 Å². The highest BCUT2D eigenvalue weighted by molar-refractivity contribution is 5.89. The number of hydrogen-bond acceptors (Lipinski definition) is 4. The van der Waals surface area contributed by atoms with Crippen LogP contribution >= 0.6 is 0 Å². The fourth-order valence-corrected chi connectivity index (χ4v) is 1.07. The zero-order valence-electron chi connectivity index (χ0n) is 7.47. The lowest BCUT2D eigenvalue weighted by molar-refractivity contribution is -0.114. The first-order valence-corrected chi connectivity index (χ1v) is 4.01. The highest BCUT2D eigenvalue weighted by atomic mass is 16.6. The summed E-state index contributed by atoms with van der Waals surface area (Å²) in [6.45, 7) is 1.40. The van der Waals surface area contributed by atoms with Gasteiger partial charge in [-0.15, -0.1) is 0 Å². The van der Waals surface area contributed by atoms with Gasteiger partial charge in [-0.25, -0.2) is 4.63 Å². The molecule has 0 saturated heterocycles. The van der Waals surface area contributed by atoms with Gasteiger partial charge in [0.05, 0.1) is 0 Å². The van der Waals surface area contributed by atoms with Crippen LogP contribution in [0.15, 0.2) is 29.2 Å². The van der Waals surface area contributed by atoms with Crippen LogP contribution in [0.3, 0.4) is 0 Å². The van der Waals surface area contributed by atoms with Crippen molar-refractivity contribution in [2.24, 2.45) is 0 Å². The van der Waals surface area contributed by atoms with Crippen LogP contribution in [0.5, 0.6) is 0 Å². The van der Waals surface area contributed by atoms with E-state index in [0.29, 0.717) is 11.6 Å². The summed E-state index contributed by atoms with van der Waals surface area (Å²) in [6, 6.07) is 3.68. The van der Waals surface area contributed by atoms with Crippen LogP contribution in [-0.4, -0.2) is 20.8 Å². The molecule has 14 heavy (non-hydrogen) atoms. The molecule has 1 N–H and O–H groups in total. The molecule has 0 spiro atoms. The van der Waals surface area contributed by atoms with Gasteiger partial charge in [0.2, 0.25) is 17.5 Å². The first kappa shape index (κ1) is 8.49. The first-order valence-electron chi connectivity index (χ1n) is 4.01. The second-order valence-electron chi connectivity index (χ2n) is 2.71. The lowest BCUT2D eigenvalue weighted by Crippen LogP contribution is -2.08. The second kappa shape index (κ2) is 3.33. The SMILES string of the molecule is CC(=O)Nc1nonc1-n1cccc1. The molecule has 0 radical (unpaired) electrons. The summed E-state index contributed by atoms with van der Waals surface area (Å²) in [5, 5.41) is 9.76. The van der Waals surface area contributed by atoms with E-state index in [9.17, 15) is 4.79 Å². The molecule has 0 fully saturated rings. The number of carbonyl (C=O) groups excluding carboxylic acids is 1. The summed E-state index contributed by atoms with van der Waals surface area (Å²) in [5.41, 5.74) is 0. The third-order valence-corrected chi connectivity index (χ3v) is 1.61. The van der Waals surface area contributed by atoms with Gasteiger partial charge in [0.15, 0.2) is 0 Å². The maximum atomic E-state index is 10.8. The summed E-state index contributed by atoms with van der Waals surface area (Å²) in [4.78, 5) is 10.8. The third kappa shape index (κ3) is 1.49. The van der Waals surface area contributed by atoms with E-state index in [-0.39, 0.29) is 5.91 Å². The van der Waals surface area contributed by atoms with E-state index in [1.54, 1.807) is 17.0 Å². The predicted octanol–water partition coefficient (Wildman–Crippen LogP) is 0.819. The van der Waals surface area contributed by atoms with E-state index >= 15 is 0 Å². The maximum absolute atomic E-state index is 10.8. The van der Waals surface area contributed by atoms with Crippen LogP contribution in [0.1, 0.15) is 6.92 Å². The maximum Gasteiger partial charge on any atom is 0.226 e. The smallest absolute Gasteiger partial charge is 0.226 e. The highest BCUT2D eigenvalue weighted by Gasteiger charge is 2.11. The van der Waals surface area contributed by atoms with E-state index in [1.807, 2.05) is 12.1 Å². The van der Waals surface area contributed by atoms with Crippen LogP contribution in [0.4, 0.5) is 5.82 Å². The normalized spacial score (nSPS) is 10.1. The van der Waals surface area contributed by atoms with Crippen LogP contribution in [-0.2, 0) is 4.79 Å². The average molecular weight is 192 g/mol. The molecule has 72 valence electrons. The minimum atomic E-state index is -0.214. The minimum absolute atomic E-state index is 0.214. The lowest BCUT2D eigenvalue weighted by Gasteiger charge is -1.99. The van der Waals surface area contributed by atoms with Gasteiger partial charge in [-0.1, -0.05) is 0 Å². The quantitative estimate of drug-likeness (QED) is 0.764. The summed E-state index contributed by atoms with van der Waals surface area (Å²) < 4.78 is 6.23. The molecule has 1 amide bonds. The molecular weight excluding hydrogens is 184 g/mol. The Kier molecular flexibility index (Phi) is 2.02. The van der Waals surface area contributed by atoms with Crippen molar-refractivity contribution in [3.63, 3.8) is 0 Å². The molecule has 0 atom stereocenters. The lowest BCUT2D eigenvalue weighted by atomic mass is 10.5. The van der Waals surface area contributed by atoms with Crippen molar-refractivity contribution >= 4 is 11.7 Å². The monoisotopic (exact) mass is 192 g/mol. The Bertz CT molecular complexity index is 432. The molecule has 0 unspecified atom stereocenters. The number of nitrogens with one attached hydrogen (secondary N) is 1. The molecular formula is C8H8N4O2. The van der Waals surface area contributed by atoms with Gasteiger partial charge in [0, 0.05) is 19.3 Å². The van der Waals surface area contributed by atoms with E-state index < -0.39 is 0 Å². The Labute approximate surface area is 79.5 Å². The second-order valence-corrected chi connectivity index (χ2v) is 2.71. The minimum Gasteiger partial charge on any atom is -0.305 e. The van der Waals surface area contributed by atoms with Gasteiger partial charge in [0.1, 0.15) is 0 Å². The fraction of sp³-hybridized carbons (Fsp3) is 0.125. The molecule has 2 aromatic heterocycles. The molecule has 6 nitrogen and oxygen atoms in total. The summed E-state index contributed by atoms with van der Waals surface area (Å²) >= 11 is 0. The molecule has 2 aromatic rings. The van der Waals surface area contributed by atoms with Gasteiger partial charge in [-0.2, -0.15) is 0 Å². The Morgan fingerprint density at radius 2 is 2.14 bits per heavy atom. The van der Waals surface area contributed by atoms with E-state index in [0.717, 1.165) is 0 Å². The topological polar surface area (TPSA) is 73.0 Å². The Morgan fingerprint density at radius 1 is 1.43 bits per heavy atom. The molecule has 0 aliphatic heterocycles. The van der Waals surface area contributed by atoms with Gasteiger partial charge in [-0.05, 0) is 22.4 Å². The van der Waals surface area contributed by atoms with Crippen molar-refractivity contribution in [3.8, 4) is 5.82 Å². The van der Waals surface area contributed by atoms with Crippen LogP contribution in [0, 0.1) is 0 Å². The standard InChI is InChI=1S/C8H8N4O2/c1-6(13)9-7-8(11-14-10-7)12-4-2-3-5-12/h2-5H,1H3,(H,9,10,13). The van der Waals surface area contributed by atoms with Gasteiger partial charge < -0.3 is 9.88 Å². The number of carbonyl (C=O) groups is 1. The van der Waals surface area contributed by atoms with Crippen molar-refractivity contribution in [2.75, 3.05) is 5.32 Å². The molecule has 0 aliphatic rings. The van der Waals surface area contributed by atoms with Gasteiger partial charge >= 0.3 is 0 Å². The Morgan fingerprint density at radius 3 is 2.79 bits per heavy atom. The summed E-state index contributed by atoms with van der Waals surface area (Å²) in [5.74, 6) is 0.563. The zero-order chi connectivity index (χ0) is 9.97. The highest BCUT2D eigenvalue weighted by Crippen LogP contribution is 2.14. The molecule has 2 heterocycles. The van der Waals surface area contributed by atoms with Crippen molar-refractivity contribution in [3.05, 3.63) is 24.5 Å². The molecule has 0 saturated carbocycles. The Balaban J connectivity index is 2.35.